The normalized spacial score (nSPS) is 10.8. The summed E-state index contributed by atoms with van der Waals surface area (Å²) in [6.45, 7) is 0.579. The van der Waals surface area contributed by atoms with Gasteiger partial charge in [0.1, 0.15) is 5.69 Å². The van der Waals surface area contributed by atoms with Crippen LogP contribution in [0.15, 0.2) is 91.4 Å². The lowest BCUT2D eigenvalue weighted by atomic mass is 10.1. The molecule has 0 aliphatic carbocycles. The Hall–Kier alpha value is -4.52. The molecule has 0 bridgehead atoms. The molecular formula is C26H22N6O. The summed E-state index contributed by atoms with van der Waals surface area (Å²) in [7, 11) is 0. The molecule has 1 amide bonds. The number of H-pyrrole nitrogens is 1. The van der Waals surface area contributed by atoms with Crippen molar-refractivity contribution in [2.24, 2.45) is 0 Å². The molecule has 0 radical (unpaired) electrons. The highest BCUT2D eigenvalue weighted by molar-refractivity contribution is 5.98. The van der Waals surface area contributed by atoms with Crippen molar-refractivity contribution in [3.63, 3.8) is 0 Å². The monoisotopic (exact) mass is 434 g/mol. The third kappa shape index (κ3) is 4.88. The van der Waals surface area contributed by atoms with E-state index in [1.165, 1.54) is 5.56 Å². The topological polar surface area (TPSA) is 95.6 Å². The van der Waals surface area contributed by atoms with Gasteiger partial charge in [-0.15, -0.1) is 0 Å². The molecule has 162 valence electrons. The van der Waals surface area contributed by atoms with Crippen LogP contribution in [0.25, 0.3) is 22.2 Å². The van der Waals surface area contributed by atoms with Gasteiger partial charge in [0.25, 0.3) is 5.91 Å². The van der Waals surface area contributed by atoms with Crippen molar-refractivity contribution in [1.82, 2.24) is 25.3 Å². The molecule has 3 heterocycles. The van der Waals surface area contributed by atoms with Crippen molar-refractivity contribution < 1.29 is 4.79 Å². The number of nitrogens with one attached hydrogen (secondary N) is 3. The maximum atomic E-state index is 12.6. The number of pyridine rings is 1. The Morgan fingerprint density at radius 2 is 1.85 bits per heavy atom. The van der Waals surface area contributed by atoms with Crippen LogP contribution in [-0.2, 0) is 6.42 Å². The third-order valence-corrected chi connectivity index (χ3v) is 5.28. The molecule has 0 spiro atoms. The fourth-order valence-electron chi connectivity index (χ4n) is 3.62. The Balaban J connectivity index is 1.27. The van der Waals surface area contributed by atoms with Crippen LogP contribution in [0.1, 0.15) is 16.1 Å². The number of fused-ring (bicyclic) bond motifs is 1. The average molecular weight is 435 g/mol. The van der Waals surface area contributed by atoms with Crippen LogP contribution in [0.3, 0.4) is 0 Å². The Morgan fingerprint density at radius 1 is 0.939 bits per heavy atom. The molecule has 2 aromatic carbocycles. The number of aromatic nitrogens is 4. The Bertz CT molecular complexity index is 1380. The summed E-state index contributed by atoms with van der Waals surface area (Å²) < 4.78 is 0. The van der Waals surface area contributed by atoms with Crippen LogP contribution < -0.4 is 10.6 Å². The van der Waals surface area contributed by atoms with Gasteiger partial charge in [0.05, 0.1) is 5.69 Å². The van der Waals surface area contributed by atoms with Crippen LogP contribution in [0.2, 0.25) is 0 Å². The summed E-state index contributed by atoms with van der Waals surface area (Å²) in [5.41, 5.74) is 5.16. The van der Waals surface area contributed by atoms with E-state index in [1.54, 1.807) is 18.6 Å². The van der Waals surface area contributed by atoms with Gasteiger partial charge in [-0.3, -0.25) is 9.78 Å². The molecule has 7 nitrogen and oxygen atoms in total. The molecule has 0 unspecified atom stereocenters. The van der Waals surface area contributed by atoms with Crippen LogP contribution in [0.4, 0.5) is 11.6 Å². The second kappa shape index (κ2) is 9.32. The van der Waals surface area contributed by atoms with E-state index in [0.29, 0.717) is 18.2 Å². The largest absolute Gasteiger partial charge is 0.351 e. The number of benzene rings is 2. The summed E-state index contributed by atoms with van der Waals surface area (Å²) in [6.07, 6.45) is 6.00. The lowest BCUT2D eigenvalue weighted by Gasteiger charge is -2.06. The summed E-state index contributed by atoms with van der Waals surface area (Å²) in [5.74, 6) is 0.370. The first-order valence-corrected chi connectivity index (χ1v) is 10.7. The third-order valence-electron chi connectivity index (χ3n) is 5.28. The quantitative estimate of drug-likeness (QED) is 0.344. The van der Waals surface area contributed by atoms with Crippen LogP contribution in [-0.4, -0.2) is 32.4 Å². The number of carbonyl (C=O) groups excluding carboxylic acids is 1. The molecule has 3 aromatic heterocycles. The minimum atomic E-state index is -0.121. The molecule has 0 saturated carbocycles. The van der Waals surface area contributed by atoms with Gasteiger partial charge in [-0.1, -0.05) is 30.3 Å². The minimum absolute atomic E-state index is 0.121. The minimum Gasteiger partial charge on any atom is -0.351 e. The molecule has 7 heteroatoms. The molecule has 5 aromatic rings. The zero-order chi connectivity index (χ0) is 22.5. The highest BCUT2D eigenvalue weighted by Gasteiger charge is 2.10. The average Bonchev–Trinajstić information content (AvgIpc) is 3.29. The number of hydrogen-bond acceptors (Lipinski definition) is 5. The molecular weight excluding hydrogens is 412 g/mol. The molecule has 3 N–H and O–H groups in total. The van der Waals surface area contributed by atoms with Gasteiger partial charge >= 0.3 is 0 Å². The van der Waals surface area contributed by atoms with Crippen LogP contribution in [0, 0.1) is 0 Å². The molecule has 0 aliphatic rings. The van der Waals surface area contributed by atoms with E-state index in [4.69, 9.17) is 0 Å². The number of amides is 1. The highest BCUT2D eigenvalue weighted by Crippen LogP contribution is 2.23. The van der Waals surface area contributed by atoms with E-state index in [-0.39, 0.29) is 5.91 Å². The maximum absolute atomic E-state index is 12.6. The number of rotatable bonds is 7. The van der Waals surface area contributed by atoms with Crippen molar-refractivity contribution in [3.8, 4) is 11.3 Å². The molecule has 0 aliphatic heterocycles. The van der Waals surface area contributed by atoms with E-state index in [0.717, 1.165) is 34.3 Å². The smallest absolute Gasteiger partial charge is 0.267 e. The summed E-state index contributed by atoms with van der Waals surface area (Å²) >= 11 is 0. The van der Waals surface area contributed by atoms with E-state index >= 15 is 0 Å². The summed E-state index contributed by atoms with van der Waals surface area (Å²) in [5, 5.41) is 7.14. The van der Waals surface area contributed by atoms with Crippen molar-refractivity contribution in [2.75, 3.05) is 11.9 Å². The van der Waals surface area contributed by atoms with Gasteiger partial charge in [-0.25, -0.2) is 9.97 Å². The summed E-state index contributed by atoms with van der Waals surface area (Å²) in [4.78, 5) is 28.8. The first-order valence-electron chi connectivity index (χ1n) is 10.7. The van der Waals surface area contributed by atoms with Gasteiger partial charge in [-0.2, -0.15) is 0 Å². The van der Waals surface area contributed by atoms with Gasteiger partial charge in [-0.05, 0) is 54.4 Å². The molecule has 5 rings (SSSR count). The van der Waals surface area contributed by atoms with Crippen molar-refractivity contribution >= 4 is 28.4 Å². The van der Waals surface area contributed by atoms with Gasteiger partial charge < -0.3 is 15.6 Å². The number of carbonyl (C=O) groups is 1. The van der Waals surface area contributed by atoms with Crippen molar-refractivity contribution in [3.05, 3.63) is 103 Å². The first-order chi connectivity index (χ1) is 16.2. The maximum Gasteiger partial charge on any atom is 0.267 e. The standard InChI is InChI=1S/C26H22N6O/c33-25(28-13-10-18-5-2-1-3-6-18)24-16-20-15-21(8-9-22(20)31-24)30-26-29-14-11-23(32-26)19-7-4-12-27-17-19/h1-9,11-12,14-17,31H,10,13H2,(H,28,33)(H,29,30,32). The SMILES string of the molecule is O=C(NCCc1ccccc1)c1cc2cc(Nc3nccc(-c4cccnc4)n3)ccc2[nH]1. The zero-order valence-electron chi connectivity index (χ0n) is 17.8. The molecule has 33 heavy (non-hydrogen) atoms. The highest BCUT2D eigenvalue weighted by atomic mass is 16.1. The van der Waals surface area contributed by atoms with Gasteiger partial charge in [0, 0.05) is 47.3 Å². The van der Waals surface area contributed by atoms with Crippen LogP contribution in [0.5, 0.6) is 0 Å². The van der Waals surface area contributed by atoms with Crippen LogP contribution >= 0.6 is 0 Å². The Labute approximate surface area is 191 Å². The van der Waals surface area contributed by atoms with E-state index < -0.39 is 0 Å². The fraction of sp³-hybridized carbons (Fsp3) is 0.0769. The first kappa shape index (κ1) is 20.4. The number of nitrogens with zero attached hydrogens (tertiary/aromatic N) is 3. The lowest BCUT2D eigenvalue weighted by Crippen LogP contribution is -2.25. The molecule has 0 atom stereocenters. The number of hydrogen-bond donors (Lipinski definition) is 3. The van der Waals surface area contributed by atoms with Crippen molar-refractivity contribution in [1.29, 1.82) is 0 Å². The molecule has 0 fully saturated rings. The number of aromatic amines is 1. The number of anilines is 2. The second-order valence-corrected chi connectivity index (χ2v) is 7.61. The predicted octanol–water partition coefficient (Wildman–Crippen LogP) is 4.74. The fourth-order valence-corrected chi connectivity index (χ4v) is 3.62. The van der Waals surface area contributed by atoms with Gasteiger partial charge in [0.2, 0.25) is 5.95 Å². The Kier molecular flexibility index (Phi) is 5.75. The second-order valence-electron chi connectivity index (χ2n) is 7.61. The lowest BCUT2D eigenvalue weighted by molar-refractivity contribution is 0.0950. The van der Waals surface area contributed by atoms with E-state index in [9.17, 15) is 4.79 Å². The van der Waals surface area contributed by atoms with Crippen molar-refractivity contribution in [2.45, 2.75) is 6.42 Å². The summed E-state index contributed by atoms with van der Waals surface area (Å²) in [6, 6.07) is 23.5. The molecule has 0 saturated heterocycles. The van der Waals surface area contributed by atoms with Gasteiger partial charge in [0.15, 0.2) is 0 Å². The van der Waals surface area contributed by atoms with E-state index in [2.05, 4.69) is 42.7 Å². The van der Waals surface area contributed by atoms with E-state index in [1.807, 2.05) is 60.7 Å². The Morgan fingerprint density at radius 3 is 2.70 bits per heavy atom. The predicted molar refractivity (Wildman–Crippen MR) is 129 cm³/mol. The zero-order valence-corrected chi connectivity index (χ0v) is 17.8.